The molecule has 2 radical (unpaired) electrons. The quantitative estimate of drug-likeness (QED) is 0.616. The molecule has 2 rings (SSSR count). The molecular weight excluding hydrogens is 197 g/mol. The van der Waals surface area contributed by atoms with Gasteiger partial charge in [-0.3, -0.25) is 4.79 Å². The fourth-order valence-corrected chi connectivity index (χ4v) is 1.38. The fourth-order valence-electron chi connectivity index (χ4n) is 1.38. The highest BCUT2D eigenvalue weighted by Crippen LogP contribution is 2.15. The van der Waals surface area contributed by atoms with Crippen molar-refractivity contribution in [3.05, 3.63) is 54.1 Å². The highest BCUT2D eigenvalue weighted by Gasteiger charge is 1.94. The van der Waals surface area contributed by atoms with Crippen LogP contribution in [0, 0.1) is 0 Å². The molecular formula is C13H10BNO. The minimum absolute atomic E-state index is 0.669. The van der Waals surface area contributed by atoms with Gasteiger partial charge in [-0.05, 0) is 36.4 Å². The van der Waals surface area contributed by atoms with Crippen LogP contribution < -0.4 is 10.8 Å². The summed E-state index contributed by atoms with van der Waals surface area (Å²) < 4.78 is 0. The summed E-state index contributed by atoms with van der Waals surface area (Å²) in [6.45, 7) is 0. The van der Waals surface area contributed by atoms with E-state index in [9.17, 15) is 4.79 Å². The lowest BCUT2D eigenvalue weighted by atomic mass is 9.96. The Hall–Kier alpha value is -2.03. The Morgan fingerprint density at radius 2 is 1.38 bits per heavy atom. The van der Waals surface area contributed by atoms with Gasteiger partial charge in [0.2, 0.25) is 0 Å². The summed E-state index contributed by atoms with van der Waals surface area (Å²) in [6, 6.07) is 14.7. The third-order valence-electron chi connectivity index (χ3n) is 2.25. The van der Waals surface area contributed by atoms with Gasteiger partial charge in [0.05, 0.1) is 0 Å². The molecule has 2 nitrogen and oxygen atoms in total. The van der Waals surface area contributed by atoms with E-state index in [0.29, 0.717) is 5.56 Å². The van der Waals surface area contributed by atoms with E-state index < -0.39 is 0 Å². The van der Waals surface area contributed by atoms with Crippen molar-refractivity contribution in [1.82, 2.24) is 0 Å². The van der Waals surface area contributed by atoms with Crippen molar-refractivity contribution in [3.63, 3.8) is 0 Å². The van der Waals surface area contributed by atoms with Gasteiger partial charge in [-0.1, -0.05) is 17.6 Å². The zero-order valence-electron chi connectivity index (χ0n) is 8.68. The molecule has 0 atom stereocenters. The normalized spacial score (nSPS) is 9.75. The highest BCUT2D eigenvalue weighted by molar-refractivity contribution is 6.32. The maximum absolute atomic E-state index is 10.5. The van der Waals surface area contributed by atoms with E-state index >= 15 is 0 Å². The Bertz CT molecular complexity index is 476. The smallest absolute Gasteiger partial charge is 0.150 e. The Labute approximate surface area is 95.7 Å². The van der Waals surface area contributed by atoms with Crippen LogP contribution in [-0.2, 0) is 0 Å². The van der Waals surface area contributed by atoms with Crippen molar-refractivity contribution in [1.29, 1.82) is 0 Å². The predicted octanol–water partition coefficient (Wildman–Crippen LogP) is 2.04. The number of nitrogens with one attached hydrogen (secondary N) is 1. The number of carbonyl (C=O) groups is 1. The lowest BCUT2D eigenvalue weighted by Gasteiger charge is -2.06. The molecule has 0 bridgehead atoms. The zero-order chi connectivity index (χ0) is 11.4. The molecule has 0 aromatic heterocycles. The van der Waals surface area contributed by atoms with E-state index in [1.54, 1.807) is 12.1 Å². The van der Waals surface area contributed by atoms with Gasteiger partial charge in [0, 0.05) is 16.9 Å². The zero-order valence-corrected chi connectivity index (χ0v) is 8.68. The van der Waals surface area contributed by atoms with Gasteiger partial charge in [0.25, 0.3) is 0 Å². The summed E-state index contributed by atoms with van der Waals surface area (Å²) >= 11 is 0. The molecule has 0 amide bonds. The molecule has 0 saturated carbocycles. The number of hydrogen-bond acceptors (Lipinski definition) is 2. The van der Waals surface area contributed by atoms with E-state index in [4.69, 9.17) is 7.85 Å². The molecule has 0 fully saturated rings. The Balaban J connectivity index is 2.14. The molecule has 3 heteroatoms. The van der Waals surface area contributed by atoms with Crippen LogP contribution >= 0.6 is 0 Å². The summed E-state index contributed by atoms with van der Waals surface area (Å²) in [5.74, 6) is 0. The average Bonchev–Trinajstić information content (AvgIpc) is 2.33. The van der Waals surface area contributed by atoms with Crippen molar-refractivity contribution in [2.75, 3.05) is 5.32 Å². The molecule has 0 aliphatic carbocycles. The Morgan fingerprint density at radius 1 is 0.875 bits per heavy atom. The first-order chi connectivity index (χ1) is 7.78. The van der Waals surface area contributed by atoms with E-state index in [-0.39, 0.29) is 0 Å². The Kier molecular flexibility index (Phi) is 3.06. The second kappa shape index (κ2) is 4.66. The number of carbonyl (C=O) groups excluding carboxylic acids is 1. The molecule has 2 aromatic carbocycles. The summed E-state index contributed by atoms with van der Waals surface area (Å²) in [6.07, 6.45) is 0.826. The van der Waals surface area contributed by atoms with Crippen LogP contribution in [0.15, 0.2) is 48.5 Å². The summed E-state index contributed by atoms with van der Waals surface area (Å²) in [5.41, 5.74) is 3.31. The minimum atomic E-state index is 0.669. The maximum atomic E-state index is 10.5. The van der Waals surface area contributed by atoms with Crippen molar-refractivity contribution < 1.29 is 4.79 Å². The summed E-state index contributed by atoms with van der Waals surface area (Å²) in [7, 11) is 5.59. The predicted molar refractivity (Wildman–Crippen MR) is 66.9 cm³/mol. The van der Waals surface area contributed by atoms with Gasteiger partial charge in [-0.25, -0.2) is 0 Å². The van der Waals surface area contributed by atoms with Gasteiger partial charge in [-0.15, -0.1) is 0 Å². The lowest BCUT2D eigenvalue weighted by Crippen LogP contribution is -2.00. The van der Waals surface area contributed by atoms with Crippen molar-refractivity contribution in [3.8, 4) is 0 Å². The van der Waals surface area contributed by atoms with Gasteiger partial charge >= 0.3 is 0 Å². The van der Waals surface area contributed by atoms with Gasteiger partial charge in [0.1, 0.15) is 14.1 Å². The van der Waals surface area contributed by atoms with Crippen LogP contribution in [0.1, 0.15) is 10.4 Å². The van der Waals surface area contributed by atoms with Crippen molar-refractivity contribution in [2.24, 2.45) is 0 Å². The monoisotopic (exact) mass is 207 g/mol. The second-order valence-corrected chi connectivity index (χ2v) is 3.49. The van der Waals surface area contributed by atoms with Gasteiger partial charge < -0.3 is 5.32 Å². The van der Waals surface area contributed by atoms with Crippen LogP contribution in [0.25, 0.3) is 0 Å². The maximum Gasteiger partial charge on any atom is 0.150 e. The standard InChI is InChI=1S/C13H10BNO/c14-11-3-7-13(8-4-11)15-12-5-1-10(9-16)2-6-12/h1-9,15H. The fraction of sp³-hybridized carbons (Fsp3) is 0. The molecule has 76 valence electrons. The molecule has 1 N–H and O–H groups in total. The second-order valence-electron chi connectivity index (χ2n) is 3.49. The van der Waals surface area contributed by atoms with E-state index in [0.717, 1.165) is 23.1 Å². The third-order valence-corrected chi connectivity index (χ3v) is 2.25. The molecule has 0 aliphatic rings. The van der Waals surface area contributed by atoms with Crippen LogP contribution in [-0.4, -0.2) is 14.1 Å². The average molecular weight is 207 g/mol. The van der Waals surface area contributed by atoms with Crippen LogP contribution in [0.3, 0.4) is 0 Å². The molecule has 0 aliphatic heterocycles. The number of aldehydes is 1. The van der Waals surface area contributed by atoms with E-state index in [1.165, 1.54) is 0 Å². The number of anilines is 2. The highest BCUT2D eigenvalue weighted by atomic mass is 16.1. The van der Waals surface area contributed by atoms with Gasteiger partial charge in [-0.2, -0.15) is 0 Å². The summed E-state index contributed by atoms with van der Waals surface area (Å²) in [4.78, 5) is 10.5. The first-order valence-corrected chi connectivity index (χ1v) is 4.96. The van der Waals surface area contributed by atoms with Crippen LogP contribution in [0.4, 0.5) is 11.4 Å². The molecule has 0 saturated heterocycles. The third kappa shape index (κ3) is 2.51. The number of hydrogen-bond donors (Lipinski definition) is 1. The molecule has 2 aromatic rings. The largest absolute Gasteiger partial charge is 0.356 e. The van der Waals surface area contributed by atoms with Crippen LogP contribution in [0.2, 0.25) is 0 Å². The van der Waals surface area contributed by atoms with E-state index in [2.05, 4.69) is 5.32 Å². The number of benzene rings is 2. The topological polar surface area (TPSA) is 29.1 Å². The Morgan fingerprint density at radius 3 is 1.88 bits per heavy atom. The summed E-state index contributed by atoms with van der Waals surface area (Å²) in [5, 5.41) is 3.21. The first kappa shape index (κ1) is 10.5. The molecule has 0 spiro atoms. The van der Waals surface area contributed by atoms with Gasteiger partial charge in [0.15, 0.2) is 0 Å². The van der Waals surface area contributed by atoms with E-state index in [1.807, 2.05) is 36.4 Å². The number of rotatable bonds is 3. The molecule has 0 unspecified atom stereocenters. The van der Waals surface area contributed by atoms with Crippen molar-refractivity contribution in [2.45, 2.75) is 0 Å². The lowest BCUT2D eigenvalue weighted by molar-refractivity contribution is 0.112. The molecule has 16 heavy (non-hydrogen) atoms. The van der Waals surface area contributed by atoms with Crippen molar-refractivity contribution >= 4 is 31.0 Å². The molecule has 0 heterocycles. The SMILES string of the molecule is [B]c1ccc(Nc2ccc(C=O)cc2)cc1. The minimum Gasteiger partial charge on any atom is -0.356 e. The first-order valence-electron chi connectivity index (χ1n) is 4.96. The van der Waals surface area contributed by atoms with Crippen LogP contribution in [0.5, 0.6) is 0 Å².